The predicted molar refractivity (Wildman–Crippen MR) is 180 cm³/mol. The second kappa shape index (κ2) is 11.3. The molecule has 4 aromatic carbocycles. The Kier molecular flexibility index (Phi) is 8.52. The zero-order valence-electron chi connectivity index (χ0n) is 27.0. The molecule has 0 saturated carbocycles. The maximum atomic E-state index is 7.35. The highest BCUT2D eigenvalue weighted by Gasteiger charge is 2.54. The van der Waals surface area contributed by atoms with Gasteiger partial charge in [0, 0.05) is 7.11 Å². The summed E-state index contributed by atoms with van der Waals surface area (Å²) in [4.78, 5) is 0. The van der Waals surface area contributed by atoms with Gasteiger partial charge in [-0.05, 0) is 126 Å². The Morgan fingerprint density at radius 2 is 0.625 bits per heavy atom. The predicted octanol–water partition coefficient (Wildman–Crippen LogP) is 6.48. The lowest BCUT2D eigenvalue weighted by Gasteiger charge is -2.43. The molecule has 3 heteroatoms. The smallest absolute Gasteiger partial charge is 0.249 e. The van der Waals surface area contributed by atoms with Gasteiger partial charge in [-0.3, -0.25) is 0 Å². The van der Waals surface area contributed by atoms with Gasteiger partial charge < -0.3 is 4.43 Å². The van der Waals surface area contributed by atoms with Gasteiger partial charge in [0.15, 0.2) is 8.31 Å². The molecule has 1 nitrogen and oxygen atoms in total. The van der Waals surface area contributed by atoms with Gasteiger partial charge in [-0.15, -0.1) is 0 Å². The molecule has 4 aromatic rings. The zero-order valence-corrected chi connectivity index (χ0v) is 29.0. The summed E-state index contributed by atoms with van der Waals surface area (Å²) < 4.78 is 7.35. The third-order valence-corrected chi connectivity index (χ3v) is 21.2. The van der Waals surface area contributed by atoms with Crippen molar-refractivity contribution in [3.05, 3.63) is 115 Å². The molecule has 0 fully saturated rings. The van der Waals surface area contributed by atoms with Crippen LogP contribution in [0.1, 0.15) is 66.8 Å². The third kappa shape index (κ3) is 5.08. The van der Waals surface area contributed by atoms with Crippen molar-refractivity contribution in [1.29, 1.82) is 0 Å². The van der Waals surface area contributed by atoms with Crippen LogP contribution in [0, 0.1) is 83.1 Å². The minimum Gasteiger partial charge on any atom is -0.413 e. The first-order chi connectivity index (χ1) is 18.7. The van der Waals surface area contributed by atoms with Crippen molar-refractivity contribution >= 4 is 36.9 Å². The van der Waals surface area contributed by atoms with Crippen LogP contribution in [0.5, 0.6) is 0 Å². The second-order valence-electron chi connectivity index (χ2n) is 12.4. The summed E-state index contributed by atoms with van der Waals surface area (Å²) in [7, 11) is -2.40. The zero-order chi connectivity index (χ0) is 29.7. The molecule has 1 radical (unpaired) electrons. The van der Waals surface area contributed by atoms with Crippen LogP contribution in [0.25, 0.3) is 0 Å². The van der Waals surface area contributed by atoms with Gasteiger partial charge in [0.2, 0.25) is 7.83 Å². The number of hydrogen-bond donors (Lipinski definition) is 0. The molecular formula is C37H47OSi2. The first kappa shape index (κ1) is 30.2. The van der Waals surface area contributed by atoms with Crippen LogP contribution in [0.2, 0.25) is 0 Å². The largest absolute Gasteiger partial charge is 0.413 e. The van der Waals surface area contributed by atoms with E-state index >= 15 is 0 Å². The molecule has 0 atom stereocenters. The molecule has 40 heavy (non-hydrogen) atoms. The fourth-order valence-electron chi connectivity index (χ4n) is 7.78. The molecule has 0 spiro atoms. The lowest BCUT2D eigenvalue weighted by Crippen LogP contribution is -2.80. The summed E-state index contributed by atoms with van der Waals surface area (Å²) in [6, 6.07) is 19.1. The second-order valence-corrected chi connectivity index (χ2v) is 20.5. The molecule has 0 saturated heterocycles. The minimum atomic E-state index is -2.92. The van der Waals surface area contributed by atoms with E-state index in [0.29, 0.717) is 0 Å². The summed E-state index contributed by atoms with van der Waals surface area (Å²) in [6.45, 7) is 27.5. The summed E-state index contributed by atoms with van der Waals surface area (Å²) >= 11 is 0. The monoisotopic (exact) mass is 563 g/mol. The van der Waals surface area contributed by atoms with Crippen LogP contribution >= 0.6 is 0 Å². The van der Waals surface area contributed by atoms with E-state index in [9.17, 15) is 0 Å². The van der Waals surface area contributed by atoms with Crippen LogP contribution in [-0.2, 0) is 4.43 Å². The topological polar surface area (TPSA) is 9.23 Å². The van der Waals surface area contributed by atoms with E-state index in [1.165, 1.54) is 87.5 Å². The lowest BCUT2D eigenvalue weighted by molar-refractivity contribution is 0.430. The molecule has 0 aromatic heterocycles. The molecule has 0 aliphatic heterocycles. The lowest BCUT2D eigenvalue weighted by atomic mass is 10.1. The highest BCUT2D eigenvalue weighted by molar-refractivity contribution is 7.49. The molecule has 0 unspecified atom stereocenters. The van der Waals surface area contributed by atoms with Gasteiger partial charge in [-0.2, -0.15) is 0 Å². The fraction of sp³-hybridized carbons (Fsp3) is 0.351. The molecule has 0 amide bonds. The van der Waals surface area contributed by atoms with E-state index in [-0.39, 0.29) is 0 Å². The average molecular weight is 564 g/mol. The van der Waals surface area contributed by atoms with E-state index in [1.54, 1.807) is 0 Å². The van der Waals surface area contributed by atoms with Crippen LogP contribution < -0.4 is 20.7 Å². The first-order valence-corrected chi connectivity index (χ1v) is 18.9. The number of benzene rings is 4. The van der Waals surface area contributed by atoms with Crippen molar-refractivity contribution in [2.45, 2.75) is 83.1 Å². The quantitative estimate of drug-likeness (QED) is 0.244. The number of aryl methyl sites for hydroxylation is 12. The van der Waals surface area contributed by atoms with Crippen molar-refractivity contribution in [3.8, 4) is 0 Å². The van der Waals surface area contributed by atoms with E-state index in [2.05, 4.69) is 132 Å². The van der Waals surface area contributed by atoms with Gasteiger partial charge in [-0.25, -0.2) is 0 Å². The Bertz CT molecular complexity index is 1400. The Morgan fingerprint density at radius 1 is 0.400 bits per heavy atom. The van der Waals surface area contributed by atoms with E-state index in [1.807, 2.05) is 7.11 Å². The normalized spacial score (nSPS) is 11.9. The molecule has 0 aliphatic carbocycles. The van der Waals surface area contributed by atoms with Crippen molar-refractivity contribution in [2.75, 3.05) is 7.11 Å². The minimum absolute atomic E-state index is 1.31. The molecule has 4 rings (SSSR count). The van der Waals surface area contributed by atoms with Crippen LogP contribution in [0.15, 0.2) is 48.5 Å². The van der Waals surface area contributed by atoms with Crippen LogP contribution in [0.3, 0.4) is 0 Å². The summed E-state index contributed by atoms with van der Waals surface area (Å²) in [5, 5.41) is 5.97. The van der Waals surface area contributed by atoms with E-state index in [0.717, 1.165) is 0 Å². The molecular weight excluding hydrogens is 517 g/mol. The molecule has 0 bridgehead atoms. The van der Waals surface area contributed by atoms with Crippen molar-refractivity contribution in [3.63, 3.8) is 0 Å². The molecule has 0 N–H and O–H groups in total. The maximum absolute atomic E-state index is 7.35. The molecule has 0 heterocycles. The highest BCUT2D eigenvalue weighted by Crippen LogP contribution is 2.25. The van der Waals surface area contributed by atoms with E-state index < -0.39 is 16.1 Å². The molecule has 0 aliphatic rings. The standard InChI is InChI=1S/C37H47OSi2/c1-22-14-26(5)34(27(6)15-22)39(35-28(7)16-23(2)17-29(35)8)40(38-13,36-30(9)18-24(3)19-31(36)10)37-32(11)20-25(4)21-33(37)12/h14-21H,1-13H3. The Hall–Kier alpha value is -2.73. The summed E-state index contributed by atoms with van der Waals surface area (Å²) in [5.74, 6) is 0. The Balaban J connectivity index is 2.36. The Morgan fingerprint density at radius 3 is 0.850 bits per heavy atom. The summed E-state index contributed by atoms with van der Waals surface area (Å²) in [5.41, 5.74) is 16.3. The summed E-state index contributed by atoms with van der Waals surface area (Å²) in [6.07, 6.45) is 0. The van der Waals surface area contributed by atoms with Crippen molar-refractivity contribution in [1.82, 2.24) is 0 Å². The first-order valence-electron chi connectivity index (χ1n) is 14.5. The number of hydrogen-bond acceptors (Lipinski definition) is 1. The van der Waals surface area contributed by atoms with Crippen LogP contribution in [-0.4, -0.2) is 23.3 Å². The third-order valence-electron chi connectivity index (χ3n) is 8.57. The maximum Gasteiger partial charge on any atom is 0.249 e. The van der Waals surface area contributed by atoms with Crippen molar-refractivity contribution in [2.24, 2.45) is 0 Å². The van der Waals surface area contributed by atoms with Gasteiger partial charge in [0.1, 0.15) is 0 Å². The van der Waals surface area contributed by atoms with Gasteiger partial charge in [0.05, 0.1) is 0 Å². The van der Waals surface area contributed by atoms with Gasteiger partial charge in [0.25, 0.3) is 0 Å². The SMILES string of the molecule is CO[Si](c1c(C)cc(C)cc1C)(c1c(C)cc(C)cc1C)[Si](c1c(C)cc(C)cc1C)c1c(C)cc(C)cc1C. The van der Waals surface area contributed by atoms with Crippen molar-refractivity contribution < 1.29 is 4.43 Å². The van der Waals surface area contributed by atoms with Crippen LogP contribution in [0.4, 0.5) is 0 Å². The fourth-order valence-corrected chi connectivity index (χ4v) is 23.4. The van der Waals surface area contributed by atoms with E-state index in [4.69, 9.17) is 4.43 Å². The number of rotatable bonds is 6. The average Bonchev–Trinajstić information content (AvgIpc) is 2.79. The Labute approximate surface area is 246 Å². The highest BCUT2D eigenvalue weighted by atomic mass is 29.2. The van der Waals surface area contributed by atoms with Gasteiger partial charge in [-0.1, -0.05) is 93.0 Å². The molecule has 209 valence electrons. The van der Waals surface area contributed by atoms with Gasteiger partial charge >= 0.3 is 0 Å².